The zero-order chi connectivity index (χ0) is 51.6. The summed E-state index contributed by atoms with van der Waals surface area (Å²) in [5, 5.41) is 61.6. The molecule has 0 aliphatic carbocycles. The lowest BCUT2D eigenvalue weighted by atomic mass is 9.98. The maximum atomic E-state index is 11.5. The molecule has 1 aliphatic rings. The Bertz CT molecular complexity index is 1350. The van der Waals surface area contributed by atoms with Gasteiger partial charge >= 0.3 is 0 Å². The fourth-order valence-electron chi connectivity index (χ4n) is 9.83. The Hall–Kier alpha value is -1.61. The van der Waals surface area contributed by atoms with Gasteiger partial charge in [0.1, 0.15) is 31.0 Å². The molecule has 1 aromatic rings. The minimum atomic E-state index is -1.56. The van der Waals surface area contributed by atoms with E-state index in [4.69, 9.17) is 26.4 Å². The molecule has 7 N–H and O–H groups in total. The zero-order valence-electron chi connectivity index (χ0n) is 46.0. The molecule has 0 aromatic heterocycles. The number of unbranched alkanes of at least 4 members (excludes halogenated alkanes) is 34. The summed E-state index contributed by atoms with van der Waals surface area (Å²) >= 11 is 5.38. The van der Waals surface area contributed by atoms with Crippen LogP contribution in [0.2, 0.25) is 0 Å². The van der Waals surface area contributed by atoms with Crippen molar-refractivity contribution < 1.29 is 39.7 Å². The first kappa shape index (κ1) is 65.5. The van der Waals surface area contributed by atoms with Crippen LogP contribution < -0.4 is 15.5 Å². The average Bonchev–Trinajstić information content (AvgIpc) is 3.36. The Balaban J connectivity index is 1.71. The molecule has 8 atom stereocenters. The standard InChI is InChI=1S/C59H111N3O8S/c1-5-7-9-11-13-15-17-19-20-21-22-23-24-25-26-27-28-29-30-32-34-36-38-40-46-60-51(54(64)52(63)41-39-37-35-33-31-18-16-14-12-10-8-6-2)47-68-58-57(67)56(66)55(65)53(70-58)48-69-59(71)61-49-42-44-50(45-43-49)62(3)4/h42-45,51-58,60,63-67H,5-41,46-48H2,1-4H3,(H,61,71)/t51-,52+,53+,54-,55-,56-,57+,58-/m0/s1. The zero-order valence-corrected chi connectivity index (χ0v) is 46.8. The van der Waals surface area contributed by atoms with Gasteiger partial charge in [0.15, 0.2) is 6.29 Å². The maximum absolute atomic E-state index is 11.5. The monoisotopic (exact) mass is 1020 g/mol. The van der Waals surface area contributed by atoms with Crippen LogP contribution in [0.4, 0.5) is 11.4 Å². The summed E-state index contributed by atoms with van der Waals surface area (Å²) in [6.45, 7) is 4.90. The summed E-state index contributed by atoms with van der Waals surface area (Å²) in [7, 11) is 3.92. The van der Waals surface area contributed by atoms with E-state index in [0.717, 1.165) is 43.5 Å². The van der Waals surface area contributed by atoms with Gasteiger partial charge in [0.2, 0.25) is 0 Å². The lowest BCUT2D eigenvalue weighted by Gasteiger charge is -2.40. The summed E-state index contributed by atoms with van der Waals surface area (Å²) in [5.41, 5.74) is 1.76. The second kappa shape index (κ2) is 44.7. The van der Waals surface area contributed by atoms with Crippen molar-refractivity contribution in [1.29, 1.82) is 0 Å². The van der Waals surface area contributed by atoms with Crippen molar-refractivity contribution in [3.8, 4) is 0 Å². The molecule has 0 amide bonds. The average molecular weight is 1020 g/mol. The predicted octanol–water partition coefficient (Wildman–Crippen LogP) is 13.4. The highest BCUT2D eigenvalue weighted by molar-refractivity contribution is 7.80. The van der Waals surface area contributed by atoms with Crippen molar-refractivity contribution in [2.24, 2.45) is 0 Å². The van der Waals surface area contributed by atoms with Crippen LogP contribution in [0.3, 0.4) is 0 Å². The first-order valence-corrected chi connectivity index (χ1v) is 30.1. The molecule has 1 saturated heterocycles. The van der Waals surface area contributed by atoms with Gasteiger partial charge in [0.25, 0.3) is 5.17 Å². The minimum absolute atomic E-state index is 0.0618. The molecule has 2 rings (SSSR count). The molecule has 1 aliphatic heterocycles. The molecular formula is C59H111N3O8S. The number of nitrogens with one attached hydrogen (secondary N) is 2. The Morgan fingerprint density at radius 3 is 1.37 bits per heavy atom. The fraction of sp³-hybridized carbons (Fsp3) is 0.881. The minimum Gasteiger partial charge on any atom is -0.468 e. The summed E-state index contributed by atoms with van der Waals surface area (Å²) in [6.07, 6.45) is 38.5. The molecule has 416 valence electrons. The van der Waals surface area contributed by atoms with Gasteiger partial charge in [-0.1, -0.05) is 239 Å². The SMILES string of the molecule is CCCCCCCCCCCCCCCCCCCCCCCCCCN[C@@H](CO[C@H]1O[C@H](COC(=S)Nc2ccc(N(C)C)cc2)[C@H](O)[C@H](O)[C@H]1O)[C@H](O)[C@H](O)CCCCCCCCCCCCCC. The van der Waals surface area contributed by atoms with E-state index < -0.39 is 49.0 Å². The van der Waals surface area contributed by atoms with Crippen LogP contribution in [0.1, 0.15) is 251 Å². The Kier molecular flexibility index (Phi) is 41.2. The number of thiocarbonyl (C=S) groups is 1. The number of nitrogens with zero attached hydrogens (tertiary/aromatic N) is 1. The van der Waals surface area contributed by atoms with E-state index in [2.05, 4.69) is 24.5 Å². The van der Waals surface area contributed by atoms with Crippen molar-refractivity contribution in [3.05, 3.63) is 24.3 Å². The molecule has 1 heterocycles. The van der Waals surface area contributed by atoms with E-state index in [0.29, 0.717) is 13.0 Å². The summed E-state index contributed by atoms with van der Waals surface area (Å²) in [6, 6.07) is 7.00. The molecule has 0 bridgehead atoms. The van der Waals surface area contributed by atoms with Crippen molar-refractivity contribution in [1.82, 2.24) is 5.32 Å². The topological polar surface area (TPSA) is 156 Å². The highest BCUT2D eigenvalue weighted by Crippen LogP contribution is 2.25. The van der Waals surface area contributed by atoms with Crippen LogP contribution in [0.15, 0.2) is 24.3 Å². The van der Waals surface area contributed by atoms with Gasteiger partial charge in [-0.15, -0.1) is 0 Å². The number of aliphatic hydroxyl groups excluding tert-OH is 5. The van der Waals surface area contributed by atoms with Crippen LogP contribution in [0.5, 0.6) is 0 Å². The third-order valence-corrected chi connectivity index (χ3v) is 14.9. The smallest absolute Gasteiger partial charge is 0.261 e. The number of ether oxygens (including phenoxy) is 3. The van der Waals surface area contributed by atoms with Crippen LogP contribution in [0, 0.1) is 0 Å². The Morgan fingerprint density at radius 2 is 0.958 bits per heavy atom. The normalized spacial score (nSPS) is 19.4. The molecule has 0 unspecified atom stereocenters. The first-order chi connectivity index (χ1) is 34.6. The molecule has 0 radical (unpaired) electrons. The molecule has 0 spiro atoms. The largest absolute Gasteiger partial charge is 0.468 e. The van der Waals surface area contributed by atoms with E-state index in [9.17, 15) is 25.5 Å². The van der Waals surface area contributed by atoms with E-state index in [1.54, 1.807) is 0 Å². The molecule has 0 saturated carbocycles. The van der Waals surface area contributed by atoms with Crippen molar-refractivity contribution in [2.45, 2.75) is 300 Å². The van der Waals surface area contributed by atoms with Gasteiger partial charge in [-0.3, -0.25) is 0 Å². The highest BCUT2D eigenvalue weighted by atomic mass is 32.1. The Morgan fingerprint density at radius 1 is 0.563 bits per heavy atom. The predicted molar refractivity (Wildman–Crippen MR) is 302 cm³/mol. The fourth-order valence-corrected chi connectivity index (χ4v) is 10.0. The first-order valence-electron chi connectivity index (χ1n) is 29.7. The van der Waals surface area contributed by atoms with Crippen molar-refractivity contribution >= 4 is 28.8 Å². The van der Waals surface area contributed by atoms with Crippen molar-refractivity contribution in [3.63, 3.8) is 0 Å². The molecular weight excluding hydrogens is 911 g/mol. The maximum Gasteiger partial charge on any atom is 0.261 e. The van der Waals surface area contributed by atoms with E-state index >= 15 is 0 Å². The van der Waals surface area contributed by atoms with Crippen LogP contribution in [-0.2, 0) is 14.2 Å². The van der Waals surface area contributed by atoms with Gasteiger partial charge in [0.05, 0.1) is 24.9 Å². The lowest BCUT2D eigenvalue weighted by molar-refractivity contribution is -0.302. The van der Waals surface area contributed by atoms with Crippen LogP contribution in [0.25, 0.3) is 0 Å². The summed E-state index contributed by atoms with van der Waals surface area (Å²) < 4.78 is 17.7. The molecule has 12 heteroatoms. The molecule has 1 fully saturated rings. The second-order valence-electron chi connectivity index (χ2n) is 21.4. The lowest BCUT2D eigenvalue weighted by Crippen LogP contribution is -2.60. The van der Waals surface area contributed by atoms with E-state index in [-0.39, 0.29) is 18.4 Å². The third-order valence-electron chi connectivity index (χ3n) is 14.7. The van der Waals surface area contributed by atoms with E-state index in [1.807, 2.05) is 43.3 Å². The van der Waals surface area contributed by atoms with Gasteiger partial charge in [0, 0.05) is 25.5 Å². The quantitative estimate of drug-likeness (QED) is 0.0245. The van der Waals surface area contributed by atoms with Gasteiger partial charge < -0.3 is 55.3 Å². The van der Waals surface area contributed by atoms with Crippen molar-refractivity contribution in [2.75, 3.05) is 44.1 Å². The van der Waals surface area contributed by atoms with Crippen LogP contribution >= 0.6 is 12.2 Å². The van der Waals surface area contributed by atoms with Gasteiger partial charge in [-0.2, -0.15) is 0 Å². The number of anilines is 2. The summed E-state index contributed by atoms with van der Waals surface area (Å²) in [5.74, 6) is 0. The van der Waals surface area contributed by atoms with Gasteiger partial charge in [-0.05, 0) is 55.9 Å². The number of aliphatic hydroxyl groups is 5. The molecule has 1 aromatic carbocycles. The molecule has 71 heavy (non-hydrogen) atoms. The third kappa shape index (κ3) is 33.1. The molecule has 11 nitrogen and oxygen atoms in total. The van der Waals surface area contributed by atoms with E-state index in [1.165, 1.54) is 199 Å². The number of benzene rings is 1. The Labute approximate surface area is 440 Å². The van der Waals surface area contributed by atoms with Crippen LogP contribution in [-0.4, -0.2) is 114 Å². The van der Waals surface area contributed by atoms with Gasteiger partial charge in [-0.25, -0.2) is 0 Å². The highest BCUT2D eigenvalue weighted by Gasteiger charge is 2.45. The second-order valence-corrected chi connectivity index (χ2v) is 21.8. The number of hydrogen-bond donors (Lipinski definition) is 7. The number of rotatable bonds is 48. The summed E-state index contributed by atoms with van der Waals surface area (Å²) in [4.78, 5) is 1.99. The number of hydrogen-bond acceptors (Lipinski definition) is 11.